The van der Waals surface area contributed by atoms with E-state index in [1.807, 2.05) is 22.9 Å². The number of nitrogens with zero attached hydrogens (tertiary/aromatic N) is 1. The molecule has 0 unspecified atom stereocenters. The maximum atomic E-state index is 13.8. The van der Waals surface area contributed by atoms with E-state index in [2.05, 4.69) is 12.2 Å². The molecule has 2 rings (SSSR count). The Labute approximate surface area is 118 Å². The zero-order valence-electron chi connectivity index (χ0n) is 11.0. The molecule has 0 fully saturated rings. The van der Waals surface area contributed by atoms with Gasteiger partial charge in [-0.2, -0.15) is 0 Å². The van der Waals surface area contributed by atoms with E-state index in [1.165, 1.54) is 6.07 Å². The number of nitrogens with one attached hydrogen (secondary N) is 1. The van der Waals surface area contributed by atoms with Crippen molar-refractivity contribution >= 4 is 11.6 Å². The van der Waals surface area contributed by atoms with Crippen molar-refractivity contribution < 1.29 is 4.39 Å². The molecule has 0 saturated heterocycles. The summed E-state index contributed by atoms with van der Waals surface area (Å²) in [6.45, 7) is 4.35. The van der Waals surface area contributed by atoms with Crippen LogP contribution in [0.3, 0.4) is 0 Å². The van der Waals surface area contributed by atoms with E-state index in [0.717, 1.165) is 25.2 Å². The molecule has 0 aliphatic carbocycles. The summed E-state index contributed by atoms with van der Waals surface area (Å²) >= 11 is 6.06. The molecule has 0 saturated carbocycles. The molecule has 2 aromatic rings. The van der Waals surface area contributed by atoms with Crippen molar-refractivity contribution in [3.63, 3.8) is 0 Å². The molecule has 0 aliphatic rings. The standard InChI is InChI=1S/C15H18ClFN2/c1-2-8-18-10-12-5-4-9-19(12)11-13-14(16)6-3-7-15(13)17/h3-7,9,18H,2,8,10-11H2,1H3. The Balaban J connectivity index is 2.13. The van der Waals surface area contributed by atoms with Crippen molar-refractivity contribution in [1.29, 1.82) is 0 Å². The average molecular weight is 281 g/mol. The quantitative estimate of drug-likeness (QED) is 0.796. The predicted octanol–water partition coefficient (Wildman–Crippen LogP) is 3.83. The minimum Gasteiger partial charge on any atom is -0.346 e. The number of rotatable bonds is 6. The highest BCUT2D eigenvalue weighted by molar-refractivity contribution is 6.31. The summed E-state index contributed by atoms with van der Waals surface area (Å²) in [5.74, 6) is -0.256. The highest BCUT2D eigenvalue weighted by Crippen LogP contribution is 2.20. The molecule has 1 aromatic carbocycles. The molecule has 2 nitrogen and oxygen atoms in total. The fourth-order valence-corrected chi connectivity index (χ4v) is 2.23. The van der Waals surface area contributed by atoms with Gasteiger partial charge in [-0.05, 0) is 37.2 Å². The van der Waals surface area contributed by atoms with Gasteiger partial charge in [-0.1, -0.05) is 24.6 Å². The topological polar surface area (TPSA) is 17.0 Å². The summed E-state index contributed by atoms with van der Waals surface area (Å²) in [5.41, 5.74) is 1.67. The summed E-state index contributed by atoms with van der Waals surface area (Å²) in [5, 5.41) is 3.82. The second kappa shape index (κ2) is 6.73. The van der Waals surface area contributed by atoms with Crippen molar-refractivity contribution in [3.8, 4) is 0 Å². The van der Waals surface area contributed by atoms with Crippen molar-refractivity contribution in [2.75, 3.05) is 6.54 Å². The summed E-state index contributed by atoms with van der Waals surface area (Å²) in [6.07, 6.45) is 3.05. The Morgan fingerprint density at radius 2 is 2.11 bits per heavy atom. The smallest absolute Gasteiger partial charge is 0.129 e. The molecule has 0 aliphatic heterocycles. The third kappa shape index (κ3) is 3.58. The predicted molar refractivity (Wildman–Crippen MR) is 76.9 cm³/mol. The highest BCUT2D eigenvalue weighted by Gasteiger charge is 2.09. The van der Waals surface area contributed by atoms with Crippen LogP contribution < -0.4 is 5.32 Å². The lowest BCUT2D eigenvalue weighted by Gasteiger charge is -2.12. The van der Waals surface area contributed by atoms with Gasteiger partial charge in [0.1, 0.15) is 5.82 Å². The van der Waals surface area contributed by atoms with Gasteiger partial charge in [0.15, 0.2) is 0 Å². The van der Waals surface area contributed by atoms with Crippen LogP contribution in [0.5, 0.6) is 0 Å². The van der Waals surface area contributed by atoms with Crippen LogP contribution in [0.15, 0.2) is 36.5 Å². The van der Waals surface area contributed by atoms with Gasteiger partial charge >= 0.3 is 0 Å². The zero-order valence-corrected chi connectivity index (χ0v) is 11.8. The molecule has 0 amide bonds. The van der Waals surface area contributed by atoms with Gasteiger partial charge < -0.3 is 9.88 Å². The maximum absolute atomic E-state index is 13.8. The van der Waals surface area contributed by atoms with Gasteiger partial charge in [-0.25, -0.2) is 4.39 Å². The number of halogens is 2. The molecular weight excluding hydrogens is 263 g/mol. The minimum atomic E-state index is -0.256. The van der Waals surface area contributed by atoms with Crippen LogP contribution in [0.4, 0.5) is 4.39 Å². The first-order valence-electron chi connectivity index (χ1n) is 6.50. The molecule has 1 N–H and O–H groups in total. The first kappa shape index (κ1) is 14.1. The lowest BCUT2D eigenvalue weighted by molar-refractivity contribution is 0.587. The Morgan fingerprint density at radius 1 is 1.26 bits per heavy atom. The largest absolute Gasteiger partial charge is 0.346 e. The van der Waals surface area contributed by atoms with Gasteiger partial charge in [-0.3, -0.25) is 0 Å². The van der Waals surface area contributed by atoms with Crippen LogP contribution in [-0.4, -0.2) is 11.1 Å². The van der Waals surface area contributed by atoms with Gasteiger partial charge in [0, 0.05) is 29.0 Å². The summed E-state index contributed by atoms with van der Waals surface area (Å²) < 4.78 is 15.8. The van der Waals surface area contributed by atoms with E-state index in [0.29, 0.717) is 17.1 Å². The molecule has 0 atom stereocenters. The molecule has 1 heterocycles. The normalized spacial score (nSPS) is 10.9. The summed E-state index contributed by atoms with van der Waals surface area (Å²) in [6, 6.07) is 8.80. The first-order chi connectivity index (χ1) is 9.22. The number of benzene rings is 1. The van der Waals surface area contributed by atoms with Crippen LogP contribution >= 0.6 is 11.6 Å². The third-order valence-corrected chi connectivity index (χ3v) is 3.40. The van der Waals surface area contributed by atoms with Crippen LogP contribution in [0, 0.1) is 5.82 Å². The van der Waals surface area contributed by atoms with E-state index >= 15 is 0 Å². The third-order valence-electron chi connectivity index (χ3n) is 3.05. The fraction of sp³-hybridized carbons (Fsp3) is 0.333. The highest BCUT2D eigenvalue weighted by atomic mass is 35.5. The number of aromatic nitrogens is 1. The summed E-state index contributed by atoms with van der Waals surface area (Å²) in [7, 11) is 0. The number of hydrogen-bond donors (Lipinski definition) is 1. The van der Waals surface area contributed by atoms with Gasteiger partial charge in [0.25, 0.3) is 0 Å². The van der Waals surface area contributed by atoms with Crippen LogP contribution in [0.25, 0.3) is 0 Å². The van der Waals surface area contributed by atoms with Crippen molar-refractivity contribution in [3.05, 3.63) is 58.6 Å². The molecule has 0 spiro atoms. The van der Waals surface area contributed by atoms with E-state index < -0.39 is 0 Å². The Kier molecular flexibility index (Phi) is 5.00. The Bertz CT molecular complexity index is 516. The van der Waals surface area contributed by atoms with Crippen molar-refractivity contribution in [2.45, 2.75) is 26.4 Å². The molecule has 1 aromatic heterocycles. The maximum Gasteiger partial charge on any atom is 0.129 e. The SMILES string of the molecule is CCCNCc1cccn1Cc1c(F)cccc1Cl. The van der Waals surface area contributed by atoms with Gasteiger partial charge in [-0.15, -0.1) is 0 Å². The Hall–Kier alpha value is -1.32. The average Bonchev–Trinajstić information content (AvgIpc) is 2.82. The van der Waals surface area contributed by atoms with Crippen LogP contribution in [0.2, 0.25) is 5.02 Å². The minimum absolute atomic E-state index is 0.256. The Morgan fingerprint density at radius 3 is 2.84 bits per heavy atom. The second-order valence-corrected chi connectivity index (χ2v) is 4.91. The molecule has 102 valence electrons. The molecule has 0 bridgehead atoms. The fourth-order valence-electron chi connectivity index (χ4n) is 2.01. The van der Waals surface area contributed by atoms with E-state index in [1.54, 1.807) is 12.1 Å². The van der Waals surface area contributed by atoms with E-state index in [4.69, 9.17) is 11.6 Å². The molecule has 0 radical (unpaired) electrons. The number of hydrogen-bond acceptors (Lipinski definition) is 1. The van der Waals surface area contributed by atoms with Gasteiger partial charge in [0.05, 0.1) is 6.54 Å². The van der Waals surface area contributed by atoms with E-state index in [-0.39, 0.29) is 5.82 Å². The van der Waals surface area contributed by atoms with Crippen LogP contribution in [-0.2, 0) is 13.1 Å². The first-order valence-corrected chi connectivity index (χ1v) is 6.87. The molecule has 4 heteroatoms. The lowest BCUT2D eigenvalue weighted by atomic mass is 10.2. The molecule has 19 heavy (non-hydrogen) atoms. The van der Waals surface area contributed by atoms with Gasteiger partial charge in [0.2, 0.25) is 0 Å². The van der Waals surface area contributed by atoms with Crippen molar-refractivity contribution in [2.24, 2.45) is 0 Å². The monoisotopic (exact) mass is 280 g/mol. The van der Waals surface area contributed by atoms with E-state index in [9.17, 15) is 4.39 Å². The second-order valence-electron chi connectivity index (χ2n) is 4.50. The zero-order chi connectivity index (χ0) is 13.7. The van der Waals surface area contributed by atoms with Crippen molar-refractivity contribution in [1.82, 2.24) is 9.88 Å². The lowest BCUT2D eigenvalue weighted by Crippen LogP contribution is -2.17. The molecular formula is C15H18ClFN2. The summed E-state index contributed by atoms with van der Waals surface area (Å²) in [4.78, 5) is 0. The van der Waals surface area contributed by atoms with Crippen LogP contribution in [0.1, 0.15) is 24.6 Å².